The quantitative estimate of drug-likeness (QED) is 0.536. The zero-order chi connectivity index (χ0) is 22.8. The number of halogens is 5. The van der Waals surface area contributed by atoms with Gasteiger partial charge in [-0.3, -0.25) is 5.32 Å². The molecule has 1 aromatic heterocycles. The Bertz CT molecular complexity index is 1220. The van der Waals surface area contributed by atoms with Gasteiger partial charge in [-0.05, 0) is 24.3 Å². The van der Waals surface area contributed by atoms with Gasteiger partial charge in [0.1, 0.15) is 0 Å². The van der Waals surface area contributed by atoms with Gasteiger partial charge < -0.3 is 0 Å². The highest BCUT2D eigenvalue weighted by molar-refractivity contribution is 7.90. The number of rotatable bonds is 4. The Balaban J connectivity index is 1.90. The summed E-state index contributed by atoms with van der Waals surface area (Å²) in [7, 11) is -4.43. The van der Waals surface area contributed by atoms with Crippen LogP contribution in [0.25, 0.3) is 11.3 Å². The number of benzene rings is 2. The monoisotopic (exact) mass is 490 g/mol. The molecule has 0 spiro atoms. The Morgan fingerprint density at radius 3 is 2.13 bits per heavy atom. The molecule has 0 unspecified atom stereocenters. The molecule has 2 aromatic carbocycles. The Labute approximate surface area is 184 Å². The average molecular weight is 491 g/mol. The molecule has 0 saturated heterocycles. The molecule has 13 heteroatoms. The third-order valence-corrected chi connectivity index (χ3v) is 5.43. The molecule has 162 valence electrons. The van der Waals surface area contributed by atoms with Crippen molar-refractivity contribution in [2.45, 2.75) is 11.1 Å². The third-order valence-electron chi connectivity index (χ3n) is 3.68. The summed E-state index contributed by atoms with van der Waals surface area (Å²) in [5, 5.41) is 1.91. The lowest BCUT2D eigenvalue weighted by atomic mass is 10.1. The maximum Gasteiger partial charge on any atom is 0.433 e. The largest absolute Gasteiger partial charge is 0.433 e. The van der Waals surface area contributed by atoms with Crippen molar-refractivity contribution >= 4 is 45.2 Å². The third kappa shape index (κ3) is 5.84. The Hall–Kier alpha value is -2.89. The van der Waals surface area contributed by atoms with Gasteiger partial charge in [0.05, 0.1) is 10.6 Å². The molecule has 7 nitrogen and oxygen atoms in total. The molecule has 0 aliphatic heterocycles. The number of carbonyl (C=O) groups excluding carboxylic acids is 1. The van der Waals surface area contributed by atoms with Gasteiger partial charge in [-0.1, -0.05) is 53.5 Å². The van der Waals surface area contributed by atoms with E-state index in [1.165, 1.54) is 18.2 Å². The molecule has 3 rings (SSSR count). The Kier molecular flexibility index (Phi) is 6.39. The van der Waals surface area contributed by atoms with Crippen molar-refractivity contribution in [3.63, 3.8) is 0 Å². The highest BCUT2D eigenvalue weighted by Crippen LogP contribution is 2.31. The van der Waals surface area contributed by atoms with Crippen molar-refractivity contribution in [2.75, 3.05) is 5.32 Å². The van der Waals surface area contributed by atoms with Crippen molar-refractivity contribution in [3.05, 3.63) is 70.3 Å². The number of anilines is 1. The molecular weight excluding hydrogens is 480 g/mol. The van der Waals surface area contributed by atoms with E-state index in [4.69, 9.17) is 23.2 Å². The van der Waals surface area contributed by atoms with E-state index in [1.54, 1.807) is 22.9 Å². The summed E-state index contributed by atoms with van der Waals surface area (Å²) >= 11 is 11.5. The van der Waals surface area contributed by atoms with E-state index >= 15 is 0 Å². The number of nitrogens with one attached hydrogen (secondary N) is 2. The van der Waals surface area contributed by atoms with Crippen molar-refractivity contribution in [2.24, 2.45) is 0 Å². The van der Waals surface area contributed by atoms with Crippen LogP contribution >= 0.6 is 23.2 Å². The average Bonchev–Trinajstić information content (AvgIpc) is 2.66. The van der Waals surface area contributed by atoms with E-state index in [1.807, 2.05) is 5.32 Å². The molecular formula is C18H11Cl2F3N4O3S. The van der Waals surface area contributed by atoms with Crippen LogP contribution in [0.3, 0.4) is 0 Å². The summed E-state index contributed by atoms with van der Waals surface area (Å²) in [5.74, 6) is -0.745. The summed E-state index contributed by atoms with van der Waals surface area (Å²) in [6, 6.07) is 10.6. The van der Waals surface area contributed by atoms with Gasteiger partial charge in [0.15, 0.2) is 5.69 Å². The zero-order valence-electron chi connectivity index (χ0n) is 15.1. The van der Waals surface area contributed by atoms with E-state index in [-0.39, 0.29) is 15.7 Å². The van der Waals surface area contributed by atoms with Gasteiger partial charge in [0.25, 0.3) is 10.0 Å². The van der Waals surface area contributed by atoms with Crippen LogP contribution in [0.15, 0.2) is 59.5 Å². The van der Waals surface area contributed by atoms with E-state index in [0.29, 0.717) is 11.6 Å². The maximum absolute atomic E-state index is 13.2. The lowest BCUT2D eigenvalue weighted by molar-refractivity contribution is -0.141. The summed E-state index contributed by atoms with van der Waals surface area (Å²) in [6.07, 6.45) is -4.83. The van der Waals surface area contributed by atoms with Gasteiger partial charge in [0, 0.05) is 15.6 Å². The smallest absolute Gasteiger partial charge is 0.275 e. The standard InChI is InChI=1S/C18H11Cl2F3N4O3S/c19-11-6-12(20)8-13(7-11)31(29,30)27-17(28)26-16-24-14(10-4-2-1-3-5-10)9-15(25-16)18(21,22)23/h1-9H,(H2,24,25,26,27,28). The van der Waals surface area contributed by atoms with Gasteiger partial charge in [-0.25, -0.2) is 27.9 Å². The van der Waals surface area contributed by atoms with Crippen LogP contribution in [-0.2, 0) is 16.2 Å². The van der Waals surface area contributed by atoms with Crippen molar-refractivity contribution in [1.29, 1.82) is 0 Å². The van der Waals surface area contributed by atoms with Gasteiger partial charge in [-0.2, -0.15) is 13.2 Å². The first-order valence-corrected chi connectivity index (χ1v) is 10.5. The molecule has 2 amide bonds. The number of nitrogens with zero attached hydrogens (tertiary/aromatic N) is 2. The predicted octanol–water partition coefficient (Wildman–Crippen LogP) is 4.98. The summed E-state index contributed by atoms with van der Waals surface area (Å²) < 4.78 is 66.0. The Morgan fingerprint density at radius 2 is 1.55 bits per heavy atom. The van der Waals surface area contributed by atoms with Gasteiger partial charge >= 0.3 is 12.2 Å². The maximum atomic E-state index is 13.2. The minimum Gasteiger partial charge on any atom is -0.275 e. The molecule has 3 aromatic rings. The fourth-order valence-corrected chi connectivity index (χ4v) is 4.03. The number of hydrogen-bond acceptors (Lipinski definition) is 5. The number of aromatic nitrogens is 2. The highest BCUT2D eigenvalue weighted by atomic mass is 35.5. The number of urea groups is 1. The van der Waals surface area contributed by atoms with E-state index in [9.17, 15) is 26.4 Å². The second kappa shape index (κ2) is 8.69. The fourth-order valence-electron chi connectivity index (χ4n) is 2.40. The zero-order valence-corrected chi connectivity index (χ0v) is 17.4. The first kappa shape index (κ1) is 22.8. The number of carbonyl (C=O) groups is 1. The molecule has 0 bridgehead atoms. The van der Waals surface area contributed by atoms with Crippen LogP contribution in [-0.4, -0.2) is 24.4 Å². The minimum absolute atomic E-state index is 0.00185. The summed E-state index contributed by atoms with van der Waals surface area (Å²) in [5.41, 5.74) is -1.11. The molecule has 31 heavy (non-hydrogen) atoms. The first-order chi connectivity index (χ1) is 14.4. The SMILES string of the molecule is O=C(Nc1nc(-c2ccccc2)cc(C(F)(F)F)n1)NS(=O)(=O)c1cc(Cl)cc(Cl)c1. The number of hydrogen-bond donors (Lipinski definition) is 2. The molecule has 0 atom stereocenters. The number of alkyl halides is 3. The van der Waals surface area contributed by atoms with Crippen LogP contribution in [0, 0.1) is 0 Å². The summed E-state index contributed by atoms with van der Waals surface area (Å²) in [4.78, 5) is 18.9. The van der Waals surface area contributed by atoms with Gasteiger partial charge in [0.2, 0.25) is 5.95 Å². The van der Waals surface area contributed by atoms with Crippen LogP contribution < -0.4 is 10.0 Å². The van der Waals surface area contributed by atoms with Crippen LogP contribution in [0.1, 0.15) is 5.69 Å². The van der Waals surface area contributed by atoms with E-state index in [0.717, 1.165) is 12.1 Å². The second-order valence-electron chi connectivity index (χ2n) is 5.99. The molecule has 0 aliphatic rings. The molecule has 2 N–H and O–H groups in total. The van der Waals surface area contributed by atoms with Crippen LogP contribution in [0.2, 0.25) is 10.0 Å². The topological polar surface area (TPSA) is 101 Å². The minimum atomic E-state index is -4.83. The second-order valence-corrected chi connectivity index (χ2v) is 8.55. The van der Waals surface area contributed by atoms with Gasteiger partial charge in [-0.15, -0.1) is 0 Å². The van der Waals surface area contributed by atoms with E-state index < -0.39 is 38.8 Å². The molecule has 0 radical (unpaired) electrons. The van der Waals surface area contributed by atoms with Crippen molar-refractivity contribution in [1.82, 2.24) is 14.7 Å². The first-order valence-electron chi connectivity index (χ1n) is 8.26. The highest BCUT2D eigenvalue weighted by Gasteiger charge is 2.34. The van der Waals surface area contributed by atoms with Crippen LogP contribution in [0.4, 0.5) is 23.9 Å². The predicted molar refractivity (Wildman–Crippen MR) is 108 cm³/mol. The lowest BCUT2D eigenvalue weighted by Gasteiger charge is -2.12. The van der Waals surface area contributed by atoms with Crippen molar-refractivity contribution < 1.29 is 26.4 Å². The van der Waals surface area contributed by atoms with Crippen molar-refractivity contribution in [3.8, 4) is 11.3 Å². The fraction of sp³-hybridized carbons (Fsp3) is 0.0556. The summed E-state index contributed by atoms with van der Waals surface area (Å²) in [6.45, 7) is 0. The number of sulfonamides is 1. The molecule has 0 fully saturated rings. The Morgan fingerprint density at radius 1 is 0.935 bits per heavy atom. The number of amides is 2. The molecule has 0 aliphatic carbocycles. The molecule has 0 saturated carbocycles. The molecule has 1 heterocycles. The van der Waals surface area contributed by atoms with Crippen LogP contribution in [0.5, 0.6) is 0 Å². The normalized spacial score (nSPS) is 11.8. The van der Waals surface area contributed by atoms with E-state index in [2.05, 4.69) is 9.97 Å². The lowest BCUT2D eigenvalue weighted by Crippen LogP contribution is -2.35.